The van der Waals surface area contributed by atoms with E-state index in [1.807, 2.05) is 31.2 Å². The van der Waals surface area contributed by atoms with E-state index in [2.05, 4.69) is 21.8 Å². The molecule has 148 valence electrons. The molecule has 3 aromatic rings. The highest BCUT2D eigenvalue weighted by molar-refractivity contribution is 7.09. The summed E-state index contributed by atoms with van der Waals surface area (Å²) in [7, 11) is 0. The van der Waals surface area contributed by atoms with Gasteiger partial charge in [0.05, 0.1) is 16.6 Å². The number of ether oxygens (including phenoxy) is 1. The second kappa shape index (κ2) is 10.4. The van der Waals surface area contributed by atoms with Crippen LogP contribution in [-0.2, 0) is 13.0 Å². The number of hydrogen-bond donors (Lipinski definition) is 1. The average Bonchev–Trinajstić information content (AvgIpc) is 3.17. The van der Waals surface area contributed by atoms with E-state index >= 15 is 0 Å². The van der Waals surface area contributed by atoms with Crippen LogP contribution in [0.2, 0.25) is 0 Å². The van der Waals surface area contributed by atoms with Gasteiger partial charge in [-0.25, -0.2) is 4.98 Å². The van der Waals surface area contributed by atoms with Crippen molar-refractivity contribution in [1.82, 2.24) is 10.3 Å². The summed E-state index contributed by atoms with van der Waals surface area (Å²) in [5.74, 6) is 0.488. The molecule has 0 spiro atoms. The Balaban J connectivity index is 1.45. The van der Waals surface area contributed by atoms with Crippen molar-refractivity contribution in [3.8, 4) is 11.8 Å². The number of carbonyl (C=O) groups is 1. The Morgan fingerprint density at radius 2 is 2.07 bits per heavy atom. The average molecular weight is 406 g/mol. The third-order valence-electron chi connectivity index (χ3n) is 4.40. The van der Waals surface area contributed by atoms with E-state index in [1.54, 1.807) is 35.6 Å². The maximum Gasteiger partial charge on any atom is 0.251 e. The topological polar surface area (TPSA) is 75.0 Å². The van der Waals surface area contributed by atoms with Gasteiger partial charge in [-0.15, -0.1) is 11.3 Å². The quantitative estimate of drug-likeness (QED) is 0.526. The number of aryl methyl sites for hydroxylation is 2. The summed E-state index contributed by atoms with van der Waals surface area (Å²) in [6.07, 6.45) is 2.85. The minimum absolute atomic E-state index is 0.113. The molecule has 0 radical (unpaired) electrons. The molecule has 6 heteroatoms. The van der Waals surface area contributed by atoms with Gasteiger partial charge in [0, 0.05) is 28.7 Å². The molecule has 0 aliphatic rings. The number of amides is 1. The Morgan fingerprint density at radius 1 is 1.21 bits per heavy atom. The first-order valence-electron chi connectivity index (χ1n) is 9.56. The molecule has 29 heavy (non-hydrogen) atoms. The van der Waals surface area contributed by atoms with E-state index in [-0.39, 0.29) is 12.5 Å². The predicted molar refractivity (Wildman–Crippen MR) is 114 cm³/mol. The van der Waals surface area contributed by atoms with Crippen molar-refractivity contribution in [3.63, 3.8) is 0 Å². The summed E-state index contributed by atoms with van der Waals surface area (Å²) in [5, 5.41) is 15.3. The molecule has 0 fully saturated rings. The van der Waals surface area contributed by atoms with Crippen LogP contribution in [-0.4, -0.2) is 17.4 Å². The molecule has 0 unspecified atom stereocenters. The first-order chi connectivity index (χ1) is 14.2. The normalized spacial score (nSPS) is 10.3. The molecule has 0 saturated heterocycles. The molecule has 1 N–H and O–H groups in total. The summed E-state index contributed by atoms with van der Waals surface area (Å²) in [4.78, 5) is 16.8. The molecule has 0 saturated carbocycles. The molecule has 2 aromatic carbocycles. The van der Waals surface area contributed by atoms with Crippen LogP contribution in [0.15, 0.2) is 53.9 Å². The van der Waals surface area contributed by atoms with Gasteiger partial charge in [-0.05, 0) is 50.5 Å². The summed E-state index contributed by atoms with van der Waals surface area (Å²) in [5.41, 5.74) is 3.04. The molecule has 5 nitrogen and oxygen atoms in total. The highest BCUT2D eigenvalue weighted by atomic mass is 32.1. The SMILES string of the molecule is Cc1csc(CCCCNC(=O)c2cccc(OCc3ccccc3C#N)c2)n1. The fourth-order valence-corrected chi connectivity index (χ4v) is 3.68. The van der Waals surface area contributed by atoms with Crippen molar-refractivity contribution in [2.45, 2.75) is 32.8 Å². The van der Waals surface area contributed by atoms with E-state index in [1.165, 1.54) is 0 Å². The van der Waals surface area contributed by atoms with Crippen molar-refractivity contribution in [1.29, 1.82) is 5.26 Å². The molecule has 1 aromatic heterocycles. The number of rotatable bonds is 9. The molecular formula is C23H23N3O2S. The third kappa shape index (κ3) is 6.16. The van der Waals surface area contributed by atoms with Gasteiger partial charge in [-0.1, -0.05) is 24.3 Å². The van der Waals surface area contributed by atoms with Gasteiger partial charge in [0.2, 0.25) is 0 Å². The molecule has 1 amide bonds. The number of nitrogens with one attached hydrogen (secondary N) is 1. The van der Waals surface area contributed by atoms with Crippen LogP contribution >= 0.6 is 11.3 Å². The van der Waals surface area contributed by atoms with Crippen molar-refractivity contribution >= 4 is 17.2 Å². The van der Waals surface area contributed by atoms with Crippen molar-refractivity contribution < 1.29 is 9.53 Å². The van der Waals surface area contributed by atoms with E-state index in [9.17, 15) is 4.79 Å². The van der Waals surface area contributed by atoms with Crippen LogP contribution in [0.4, 0.5) is 0 Å². The zero-order valence-corrected chi connectivity index (χ0v) is 17.2. The largest absolute Gasteiger partial charge is 0.489 e. The minimum Gasteiger partial charge on any atom is -0.489 e. The molecule has 1 heterocycles. The molecule has 0 aliphatic carbocycles. The monoisotopic (exact) mass is 405 g/mol. The summed E-state index contributed by atoms with van der Waals surface area (Å²) < 4.78 is 5.78. The van der Waals surface area contributed by atoms with Gasteiger partial charge in [-0.3, -0.25) is 4.79 Å². The highest BCUT2D eigenvalue weighted by Crippen LogP contribution is 2.17. The summed E-state index contributed by atoms with van der Waals surface area (Å²) in [6.45, 7) is 2.91. The fourth-order valence-electron chi connectivity index (χ4n) is 2.87. The molecule has 0 aliphatic heterocycles. The van der Waals surface area contributed by atoms with Crippen LogP contribution < -0.4 is 10.1 Å². The third-order valence-corrected chi connectivity index (χ3v) is 5.42. The Bertz CT molecular complexity index is 1010. The predicted octanol–water partition coefficient (Wildman–Crippen LogP) is 4.65. The number of nitriles is 1. The van der Waals surface area contributed by atoms with E-state index < -0.39 is 0 Å². The maximum atomic E-state index is 12.4. The van der Waals surface area contributed by atoms with Gasteiger partial charge in [0.25, 0.3) is 5.91 Å². The summed E-state index contributed by atoms with van der Waals surface area (Å²) >= 11 is 1.69. The smallest absolute Gasteiger partial charge is 0.251 e. The van der Waals surface area contributed by atoms with Gasteiger partial charge in [0.1, 0.15) is 12.4 Å². The molecule has 3 rings (SSSR count). The van der Waals surface area contributed by atoms with Crippen LogP contribution in [0.1, 0.15) is 45.0 Å². The van der Waals surface area contributed by atoms with Gasteiger partial charge in [0.15, 0.2) is 0 Å². The Kier molecular flexibility index (Phi) is 7.37. The lowest BCUT2D eigenvalue weighted by Crippen LogP contribution is -2.24. The zero-order chi connectivity index (χ0) is 20.5. The highest BCUT2D eigenvalue weighted by Gasteiger charge is 2.08. The first-order valence-corrected chi connectivity index (χ1v) is 10.4. The van der Waals surface area contributed by atoms with Crippen LogP contribution in [0.3, 0.4) is 0 Å². The zero-order valence-electron chi connectivity index (χ0n) is 16.4. The van der Waals surface area contributed by atoms with Gasteiger partial charge >= 0.3 is 0 Å². The second-order valence-electron chi connectivity index (χ2n) is 6.68. The number of carbonyl (C=O) groups excluding carboxylic acids is 1. The summed E-state index contributed by atoms with van der Waals surface area (Å²) in [6, 6.07) is 16.6. The lowest BCUT2D eigenvalue weighted by molar-refractivity contribution is 0.0952. The van der Waals surface area contributed by atoms with Crippen molar-refractivity contribution in [3.05, 3.63) is 81.3 Å². The van der Waals surface area contributed by atoms with Crippen LogP contribution in [0.5, 0.6) is 5.75 Å². The number of benzene rings is 2. The Morgan fingerprint density at radius 3 is 2.86 bits per heavy atom. The molecule has 0 bridgehead atoms. The number of unbranched alkanes of at least 4 members (excludes halogenated alkanes) is 1. The van der Waals surface area contributed by atoms with E-state index in [0.717, 1.165) is 35.5 Å². The maximum absolute atomic E-state index is 12.4. The second-order valence-corrected chi connectivity index (χ2v) is 7.62. The van der Waals surface area contributed by atoms with Crippen LogP contribution in [0.25, 0.3) is 0 Å². The number of aromatic nitrogens is 1. The van der Waals surface area contributed by atoms with E-state index in [0.29, 0.717) is 23.4 Å². The Labute approximate surface area is 175 Å². The molecular weight excluding hydrogens is 382 g/mol. The lowest BCUT2D eigenvalue weighted by Gasteiger charge is -2.09. The van der Waals surface area contributed by atoms with Crippen molar-refractivity contribution in [2.24, 2.45) is 0 Å². The van der Waals surface area contributed by atoms with Crippen LogP contribution in [0, 0.1) is 18.3 Å². The standard InChI is InChI=1S/C23H23N3O2S/c1-17-16-29-22(26-17)11-4-5-12-25-23(27)18-9-6-10-21(13-18)28-15-20-8-3-2-7-19(20)14-24/h2-3,6-10,13,16H,4-5,11-12,15H2,1H3,(H,25,27). The lowest BCUT2D eigenvalue weighted by atomic mass is 10.1. The molecule has 0 atom stereocenters. The number of thiazole rings is 1. The first kappa shape index (κ1) is 20.6. The number of hydrogen-bond acceptors (Lipinski definition) is 5. The van der Waals surface area contributed by atoms with Gasteiger partial charge < -0.3 is 10.1 Å². The Hall–Kier alpha value is -3.17. The minimum atomic E-state index is -0.113. The number of nitrogens with zero attached hydrogens (tertiary/aromatic N) is 2. The van der Waals surface area contributed by atoms with Crippen molar-refractivity contribution in [2.75, 3.05) is 6.54 Å². The van der Waals surface area contributed by atoms with E-state index in [4.69, 9.17) is 10.00 Å². The fraction of sp³-hybridized carbons (Fsp3) is 0.261. The van der Waals surface area contributed by atoms with Gasteiger partial charge in [-0.2, -0.15) is 5.26 Å².